The van der Waals surface area contributed by atoms with Crippen molar-refractivity contribution in [1.29, 1.82) is 0 Å². The zero-order valence-electron chi connectivity index (χ0n) is 19.3. The number of rotatable bonds is 9. The van der Waals surface area contributed by atoms with Gasteiger partial charge in [0.05, 0.1) is 6.54 Å². The van der Waals surface area contributed by atoms with Crippen molar-refractivity contribution < 1.29 is 4.79 Å². The summed E-state index contributed by atoms with van der Waals surface area (Å²) in [4.78, 5) is 24.3. The third-order valence-corrected chi connectivity index (χ3v) is 6.57. The molecule has 0 saturated carbocycles. The minimum atomic E-state index is 0.187. The first kappa shape index (κ1) is 23.9. The van der Waals surface area contributed by atoms with Crippen LogP contribution >= 0.6 is 0 Å². The van der Waals surface area contributed by atoms with E-state index in [9.17, 15) is 4.79 Å². The molecule has 1 amide bonds. The van der Waals surface area contributed by atoms with Gasteiger partial charge in [-0.2, -0.15) is 0 Å². The third kappa shape index (κ3) is 7.14. The van der Waals surface area contributed by atoms with Crippen molar-refractivity contribution in [3.63, 3.8) is 0 Å². The average Bonchev–Trinajstić information content (AvgIpc) is 2.75. The number of nitrogens with one attached hydrogen (secondary N) is 2. The largest absolute Gasteiger partial charge is 0.357 e. The molecule has 7 nitrogen and oxygen atoms in total. The monoisotopic (exact) mass is 408 g/mol. The van der Waals surface area contributed by atoms with E-state index in [1.807, 2.05) is 18.7 Å². The van der Waals surface area contributed by atoms with E-state index in [0.29, 0.717) is 13.0 Å². The number of piperidine rings is 2. The van der Waals surface area contributed by atoms with Crippen LogP contribution in [0.15, 0.2) is 4.99 Å². The molecule has 2 fully saturated rings. The van der Waals surface area contributed by atoms with Gasteiger partial charge in [-0.15, -0.1) is 0 Å². The molecule has 0 spiro atoms. The molecule has 0 aliphatic carbocycles. The van der Waals surface area contributed by atoms with Gasteiger partial charge in [-0.1, -0.05) is 6.42 Å². The molecule has 0 aromatic carbocycles. The van der Waals surface area contributed by atoms with E-state index in [2.05, 4.69) is 34.4 Å². The first-order valence-corrected chi connectivity index (χ1v) is 11.8. The molecule has 2 saturated heterocycles. The smallest absolute Gasteiger partial charge is 0.224 e. The van der Waals surface area contributed by atoms with Crippen molar-refractivity contribution in [2.45, 2.75) is 64.8 Å². The Kier molecular flexibility index (Phi) is 10.2. The van der Waals surface area contributed by atoms with Crippen LogP contribution in [-0.4, -0.2) is 98.1 Å². The number of carbonyl (C=O) groups excluding carboxylic acids is 1. The highest BCUT2D eigenvalue weighted by Gasteiger charge is 2.39. The molecule has 2 aliphatic rings. The van der Waals surface area contributed by atoms with Crippen LogP contribution in [0, 0.1) is 0 Å². The first-order valence-electron chi connectivity index (χ1n) is 11.8. The van der Waals surface area contributed by atoms with Crippen LogP contribution < -0.4 is 10.6 Å². The number of guanidine groups is 1. The fraction of sp³-hybridized carbons (Fsp3) is 0.909. The molecule has 2 rings (SSSR count). The summed E-state index contributed by atoms with van der Waals surface area (Å²) in [6.45, 7) is 14.7. The van der Waals surface area contributed by atoms with Crippen molar-refractivity contribution in [3.05, 3.63) is 0 Å². The highest BCUT2D eigenvalue weighted by molar-refractivity contribution is 5.81. The predicted octanol–water partition coefficient (Wildman–Crippen LogP) is 1.75. The molecule has 0 bridgehead atoms. The van der Waals surface area contributed by atoms with Crippen LogP contribution in [0.5, 0.6) is 0 Å². The second kappa shape index (κ2) is 12.4. The number of likely N-dealkylation sites (tertiary alicyclic amines) is 2. The maximum Gasteiger partial charge on any atom is 0.224 e. The fourth-order valence-corrected chi connectivity index (χ4v) is 4.57. The van der Waals surface area contributed by atoms with Crippen LogP contribution in [-0.2, 0) is 4.79 Å². The number of hydrogen-bond donors (Lipinski definition) is 2. The minimum Gasteiger partial charge on any atom is -0.357 e. The van der Waals surface area contributed by atoms with E-state index in [-0.39, 0.29) is 11.4 Å². The lowest BCUT2D eigenvalue weighted by molar-refractivity contribution is -0.130. The lowest BCUT2D eigenvalue weighted by atomic mass is 9.84. The quantitative estimate of drug-likeness (QED) is 0.450. The molecular weight excluding hydrogens is 364 g/mol. The van der Waals surface area contributed by atoms with Gasteiger partial charge in [0.15, 0.2) is 5.96 Å². The molecule has 29 heavy (non-hydrogen) atoms. The van der Waals surface area contributed by atoms with Gasteiger partial charge in [0.1, 0.15) is 0 Å². The van der Waals surface area contributed by atoms with E-state index >= 15 is 0 Å². The molecule has 0 unspecified atom stereocenters. The Hall–Kier alpha value is -1.34. The summed E-state index contributed by atoms with van der Waals surface area (Å²) in [5.41, 5.74) is 0.187. The molecule has 0 atom stereocenters. The summed E-state index contributed by atoms with van der Waals surface area (Å²) in [6.07, 6.45) is 6.87. The van der Waals surface area contributed by atoms with Gasteiger partial charge in [0.2, 0.25) is 5.91 Å². The maximum atomic E-state index is 12.3. The Labute approximate surface area is 178 Å². The summed E-state index contributed by atoms with van der Waals surface area (Å²) in [5.74, 6) is 1.05. The van der Waals surface area contributed by atoms with Gasteiger partial charge in [0.25, 0.3) is 0 Å². The molecule has 0 aromatic rings. The zero-order chi connectivity index (χ0) is 21.1. The van der Waals surface area contributed by atoms with Crippen LogP contribution in [0.1, 0.15) is 59.3 Å². The summed E-state index contributed by atoms with van der Waals surface area (Å²) in [7, 11) is 2.22. The summed E-state index contributed by atoms with van der Waals surface area (Å²) < 4.78 is 0. The predicted molar refractivity (Wildman–Crippen MR) is 121 cm³/mol. The van der Waals surface area contributed by atoms with Gasteiger partial charge < -0.3 is 20.4 Å². The highest BCUT2D eigenvalue weighted by Crippen LogP contribution is 2.31. The normalized spacial score (nSPS) is 21.0. The zero-order valence-corrected chi connectivity index (χ0v) is 19.3. The van der Waals surface area contributed by atoms with Gasteiger partial charge in [-0.3, -0.25) is 14.7 Å². The van der Waals surface area contributed by atoms with E-state index in [1.165, 1.54) is 45.2 Å². The summed E-state index contributed by atoms with van der Waals surface area (Å²) in [5, 5.41) is 6.75. The Bertz CT molecular complexity index is 505. The first-order chi connectivity index (χ1) is 14.0. The standard InChI is InChI=1S/C22H44N6O/c1-5-23-21(24-14-11-20(29)27(6-2)7-3)25-19-22(12-17-26(4)18-13-22)28-15-9-8-10-16-28/h5-19H2,1-4H3,(H2,23,24,25). The highest BCUT2D eigenvalue weighted by atomic mass is 16.2. The second-order valence-corrected chi connectivity index (χ2v) is 8.51. The van der Waals surface area contributed by atoms with Crippen LogP contribution in [0.2, 0.25) is 0 Å². The Morgan fingerprint density at radius 3 is 2.24 bits per heavy atom. The van der Waals surface area contributed by atoms with Crippen LogP contribution in [0.4, 0.5) is 0 Å². The SMILES string of the molecule is CCNC(=NCC1(N2CCCCC2)CCN(C)CC1)NCCC(=O)N(CC)CC. The van der Waals surface area contributed by atoms with Gasteiger partial charge in [-0.05, 0) is 79.7 Å². The molecular formula is C22H44N6O. The fourth-order valence-electron chi connectivity index (χ4n) is 4.57. The molecule has 0 radical (unpaired) electrons. The van der Waals surface area contributed by atoms with Crippen molar-refractivity contribution in [3.8, 4) is 0 Å². The second-order valence-electron chi connectivity index (χ2n) is 8.51. The number of hydrogen-bond acceptors (Lipinski definition) is 4. The molecule has 0 aromatic heterocycles. The number of carbonyl (C=O) groups is 1. The van der Waals surface area contributed by atoms with Crippen LogP contribution in [0.3, 0.4) is 0 Å². The van der Waals surface area contributed by atoms with E-state index in [1.54, 1.807) is 0 Å². The number of aliphatic imine (C=N–C) groups is 1. The Balaban J connectivity index is 1.98. The van der Waals surface area contributed by atoms with E-state index in [0.717, 1.165) is 45.2 Å². The van der Waals surface area contributed by atoms with Crippen molar-refractivity contribution in [1.82, 2.24) is 25.3 Å². The average molecular weight is 409 g/mol. The topological polar surface area (TPSA) is 63.2 Å². The van der Waals surface area contributed by atoms with Gasteiger partial charge >= 0.3 is 0 Å². The molecule has 2 N–H and O–H groups in total. The molecule has 2 heterocycles. The third-order valence-electron chi connectivity index (χ3n) is 6.57. The number of amides is 1. The Morgan fingerprint density at radius 2 is 1.66 bits per heavy atom. The van der Waals surface area contributed by atoms with Crippen LogP contribution in [0.25, 0.3) is 0 Å². The molecule has 2 aliphatic heterocycles. The van der Waals surface area contributed by atoms with Crippen molar-refractivity contribution in [2.75, 3.05) is 66.0 Å². The number of nitrogens with zero attached hydrogens (tertiary/aromatic N) is 4. The Morgan fingerprint density at radius 1 is 1.00 bits per heavy atom. The van der Waals surface area contributed by atoms with E-state index in [4.69, 9.17) is 4.99 Å². The lowest BCUT2D eigenvalue weighted by Crippen LogP contribution is -2.58. The summed E-state index contributed by atoms with van der Waals surface area (Å²) >= 11 is 0. The van der Waals surface area contributed by atoms with Gasteiger partial charge in [-0.25, -0.2) is 0 Å². The molecule has 168 valence electrons. The van der Waals surface area contributed by atoms with Gasteiger partial charge in [0, 0.05) is 38.1 Å². The minimum absolute atomic E-state index is 0.187. The summed E-state index contributed by atoms with van der Waals surface area (Å²) in [6, 6.07) is 0. The lowest BCUT2D eigenvalue weighted by Gasteiger charge is -2.49. The maximum absolute atomic E-state index is 12.3. The van der Waals surface area contributed by atoms with Crippen molar-refractivity contribution in [2.24, 2.45) is 4.99 Å². The van der Waals surface area contributed by atoms with E-state index < -0.39 is 0 Å². The van der Waals surface area contributed by atoms with Crippen molar-refractivity contribution >= 4 is 11.9 Å². The molecule has 7 heteroatoms.